The average molecular weight is 316 g/mol. The van der Waals surface area contributed by atoms with Crippen molar-refractivity contribution in [1.82, 2.24) is 4.98 Å². The fraction of sp³-hybridized carbons (Fsp3) is 0. The van der Waals surface area contributed by atoms with Crippen molar-refractivity contribution in [3.05, 3.63) is 65.3 Å². The normalized spacial score (nSPS) is 15.0. The highest BCUT2D eigenvalue weighted by molar-refractivity contribution is 7.13. The van der Waals surface area contributed by atoms with Gasteiger partial charge < -0.3 is 4.98 Å². The highest BCUT2D eigenvalue weighted by atomic mass is 32.1. The van der Waals surface area contributed by atoms with E-state index in [4.69, 9.17) is 6.42 Å². The van der Waals surface area contributed by atoms with E-state index in [-0.39, 0.29) is 5.91 Å². The van der Waals surface area contributed by atoms with Gasteiger partial charge in [0.15, 0.2) is 0 Å². The summed E-state index contributed by atoms with van der Waals surface area (Å²) in [5, 5.41) is 2.04. The fourth-order valence-corrected chi connectivity index (χ4v) is 3.47. The molecule has 3 nitrogen and oxygen atoms in total. The lowest BCUT2D eigenvalue weighted by molar-refractivity contribution is -0.112. The van der Waals surface area contributed by atoms with Gasteiger partial charge in [-0.1, -0.05) is 18.6 Å². The van der Waals surface area contributed by atoms with Crippen molar-refractivity contribution >= 4 is 34.6 Å². The van der Waals surface area contributed by atoms with E-state index in [1.54, 1.807) is 11.3 Å². The number of aromatic amines is 1. The van der Waals surface area contributed by atoms with Crippen LogP contribution in [0.1, 0.15) is 11.3 Å². The van der Waals surface area contributed by atoms with Crippen molar-refractivity contribution in [2.45, 2.75) is 0 Å². The Balaban J connectivity index is 1.90. The maximum absolute atomic E-state index is 12.6. The third-order valence-electron chi connectivity index (χ3n) is 3.82. The number of fused-ring (bicyclic) bond motifs is 1. The molecule has 0 saturated carbocycles. The molecule has 3 aromatic rings. The van der Waals surface area contributed by atoms with Gasteiger partial charge in [-0.2, -0.15) is 0 Å². The van der Waals surface area contributed by atoms with Crippen molar-refractivity contribution in [2.75, 3.05) is 4.90 Å². The van der Waals surface area contributed by atoms with Crippen LogP contribution in [0.15, 0.2) is 54.0 Å². The van der Waals surface area contributed by atoms with Crippen molar-refractivity contribution < 1.29 is 4.79 Å². The van der Waals surface area contributed by atoms with Crippen LogP contribution in [0.3, 0.4) is 0 Å². The van der Waals surface area contributed by atoms with Gasteiger partial charge in [0.05, 0.1) is 11.3 Å². The van der Waals surface area contributed by atoms with E-state index >= 15 is 0 Å². The summed E-state index contributed by atoms with van der Waals surface area (Å²) in [6.45, 7) is 0. The largest absolute Gasteiger partial charge is 0.362 e. The van der Waals surface area contributed by atoms with Crippen LogP contribution in [0.4, 0.5) is 5.69 Å². The minimum atomic E-state index is -0.166. The Bertz CT molecular complexity index is 944. The standard InChI is InChI=1S/C19H12N2OS/c1-2-21-17-8-7-13(18-6-4-10-23-18)11-15(17)16(19(21)22)12-14-5-3-9-20-14/h1,3-12,20H. The quantitative estimate of drug-likeness (QED) is 0.557. The van der Waals surface area contributed by atoms with Crippen LogP contribution in [-0.4, -0.2) is 10.9 Å². The fourth-order valence-electron chi connectivity index (χ4n) is 2.75. The Morgan fingerprint density at radius 3 is 2.83 bits per heavy atom. The summed E-state index contributed by atoms with van der Waals surface area (Å²) >= 11 is 1.67. The first-order chi connectivity index (χ1) is 11.3. The van der Waals surface area contributed by atoms with Crippen LogP contribution in [0.2, 0.25) is 0 Å². The van der Waals surface area contributed by atoms with Crippen LogP contribution in [-0.2, 0) is 4.79 Å². The SMILES string of the molecule is C#CN1C(=O)C(=Cc2ccc[nH]2)c2cc(-c3cccs3)ccc21. The molecule has 0 fully saturated rings. The highest BCUT2D eigenvalue weighted by Gasteiger charge is 2.32. The van der Waals surface area contributed by atoms with Crippen LogP contribution in [0.25, 0.3) is 22.1 Å². The molecule has 0 atom stereocenters. The Kier molecular flexibility index (Phi) is 3.14. The molecule has 1 aliphatic heterocycles. The smallest absolute Gasteiger partial charge is 0.270 e. The number of rotatable bonds is 2. The van der Waals surface area contributed by atoms with Gasteiger partial charge in [0, 0.05) is 28.4 Å². The summed E-state index contributed by atoms with van der Waals surface area (Å²) in [4.78, 5) is 18.2. The molecule has 4 heteroatoms. The molecule has 0 unspecified atom stereocenters. The summed E-state index contributed by atoms with van der Waals surface area (Å²) in [5.41, 5.74) is 4.20. The van der Waals surface area contributed by atoms with E-state index in [0.717, 1.165) is 22.5 Å². The first-order valence-corrected chi connectivity index (χ1v) is 8.00. The second-order valence-electron chi connectivity index (χ2n) is 5.16. The minimum Gasteiger partial charge on any atom is -0.362 e. The summed E-state index contributed by atoms with van der Waals surface area (Å²) in [7, 11) is 0. The van der Waals surface area contributed by atoms with Crippen molar-refractivity contribution in [1.29, 1.82) is 0 Å². The molecule has 1 amide bonds. The first-order valence-electron chi connectivity index (χ1n) is 7.12. The van der Waals surface area contributed by atoms with E-state index in [1.165, 1.54) is 9.78 Å². The van der Waals surface area contributed by atoms with Gasteiger partial charge >= 0.3 is 0 Å². The second-order valence-corrected chi connectivity index (χ2v) is 6.11. The van der Waals surface area contributed by atoms with Gasteiger partial charge in [0.25, 0.3) is 5.91 Å². The summed E-state index contributed by atoms with van der Waals surface area (Å²) in [5.74, 6) is -0.166. The predicted octanol–water partition coefficient (Wildman–Crippen LogP) is 4.22. The molecule has 3 heterocycles. The Hall–Kier alpha value is -3.03. The summed E-state index contributed by atoms with van der Waals surface area (Å²) in [6, 6.07) is 16.3. The Labute approximate surface area is 137 Å². The molecule has 23 heavy (non-hydrogen) atoms. The number of terminal acetylenes is 1. The molecule has 4 rings (SSSR count). The number of hydrogen-bond acceptors (Lipinski definition) is 2. The van der Waals surface area contributed by atoms with Crippen molar-refractivity contribution in [3.63, 3.8) is 0 Å². The molecule has 0 radical (unpaired) electrons. The Morgan fingerprint density at radius 1 is 1.22 bits per heavy atom. The van der Waals surface area contributed by atoms with Gasteiger partial charge in [-0.05, 0) is 47.4 Å². The average Bonchev–Trinajstić information content (AvgIpc) is 3.30. The van der Waals surface area contributed by atoms with E-state index in [1.807, 2.05) is 54.1 Å². The zero-order valence-electron chi connectivity index (χ0n) is 12.1. The summed E-state index contributed by atoms with van der Waals surface area (Å²) in [6.07, 6.45) is 9.20. The van der Waals surface area contributed by atoms with E-state index < -0.39 is 0 Å². The lowest BCUT2D eigenvalue weighted by Gasteiger charge is -2.07. The number of amides is 1. The molecule has 2 aromatic heterocycles. The lowest BCUT2D eigenvalue weighted by Crippen LogP contribution is -2.19. The molecule has 1 aliphatic rings. The predicted molar refractivity (Wildman–Crippen MR) is 94.7 cm³/mol. The van der Waals surface area contributed by atoms with Crippen LogP contribution < -0.4 is 4.90 Å². The molecular formula is C19H12N2OS. The van der Waals surface area contributed by atoms with Gasteiger partial charge in [-0.15, -0.1) is 11.3 Å². The van der Waals surface area contributed by atoms with Crippen LogP contribution in [0, 0.1) is 12.5 Å². The number of carbonyl (C=O) groups is 1. The van der Waals surface area contributed by atoms with E-state index in [2.05, 4.69) is 17.1 Å². The van der Waals surface area contributed by atoms with Crippen molar-refractivity contribution in [2.24, 2.45) is 0 Å². The molecule has 110 valence electrons. The zero-order chi connectivity index (χ0) is 15.8. The molecule has 0 aliphatic carbocycles. The number of thiophene rings is 1. The van der Waals surface area contributed by atoms with E-state index in [0.29, 0.717) is 5.57 Å². The minimum absolute atomic E-state index is 0.166. The molecular weight excluding hydrogens is 304 g/mol. The lowest BCUT2D eigenvalue weighted by atomic mass is 10.0. The highest BCUT2D eigenvalue weighted by Crippen LogP contribution is 2.40. The van der Waals surface area contributed by atoms with Gasteiger partial charge in [0.1, 0.15) is 0 Å². The molecule has 1 aromatic carbocycles. The number of aromatic nitrogens is 1. The van der Waals surface area contributed by atoms with Crippen LogP contribution in [0.5, 0.6) is 0 Å². The third kappa shape index (κ3) is 2.19. The van der Waals surface area contributed by atoms with Gasteiger partial charge in [-0.25, -0.2) is 4.90 Å². The number of benzene rings is 1. The second kappa shape index (κ2) is 5.31. The van der Waals surface area contributed by atoms with Crippen LogP contribution >= 0.6 is 11.3 Å². The first kappa shape index (κ1) is 13.6. The monoisotopic (exact) mass is 316 g/mol. The number of nitrogens with one attached hydrogen (secondary N) is 1. The van der Waals surface area contributed by atoms with Gasteiger partial charge in [0.2, 0.25) is 0 Å². The zero-order valence-corrected chi connectivity index (χ0v) is 12.9. The van der Waals surface area contributed by atoms with Crippen molar-refractivity contribution in [3.8, 4) is 22.9 Å². The number of H-pyrrole nitrogens is 1. The summed E-state index contributed by atoms with van der Waals surface area (Å²) < 4.78 is 0. The maximum Gasteiger partial charge on any atom is 0.270 e. The third-order valence-corrected chi connectivity index (χ3v) is 4.74. The molecule has 0 saturated heterocycles. The topological polar surface area (TPSA) is 36.1 Å². The Morgan fingerprint density at radius 2 is 2.13 bits per heavy atom. The number of hydrogen-bond donors (Lipinski definition) is 1. The molecule has 0 spiro atoms. The maximum atomic E-state index is 12.6. The number of carbonyl (C=O) groups excluding carboxylic acids is 1. The van der Waals surface area contributed by atoms with Gasteiger partial charge in [-0.3, -0.25) is 4.79 Å². The van der Waals surface area contributed by atoms with E-state index in [9.17, 15) is 4.79 Å². The molecule has 0 bridgehead atoms. The molecule has 1 N–H and O–H groups in total. The number of nitrogens with zero attached hydrogens (tertiary/aromatic N) is 1. The number of anilines is 1.